The molecule has 0 radical (unpaired) electrons. The van der Waals surface area contributed by atoms with Crippen LogP contribution in [-0.2, 0) is 6.42 Å². The summed E-state index contributed by atoms with van der Waals surface area (Å²) in [6.07, 6.45) is 0.862. The molecule has 1 unspecified atom stereocenters. The summed E-state index contributed by atoms with van der Waals surface area (Å²) >= 11 is 0. The molecule has 0 amide bonds. The van der Waals surface area contributed by atoms with Crippen LogP contribution in [0.5, 0.6) is 11.5 Å². The van der Waals surface area contributed by atoms with E-state index in [0.29, 0.717) is 0 Å². The van der Waals surface area contributed by atoms with Crippen molar-refractivity contribution in [1.29, 1.82) is 0 Å². The lowest BCUT2D eigenvalue weighted by Crippen LogP contribution is -2.31. The van der Waals surface area contributed by atoms with Crippen LogP contribution in [0.1, 0.15) is 28.3 Å². The van der Waals surface area contributed by atoms with Gasteiger partial charge in [0.2, 0.25) is 0 Å². The molecule has 22 heavy (non-hydrogen) atoms. The first kappa shape index (κ1) is 14.9. The number of nitrogens with one attached hydrogen (secondary N) is 1. The van der Waals surface area contributed by atoms with Crippen LogP contribution in [-0.4, -0.2) is 20.8 Å². The van der Waals surface area contributed by atoms with E-state index < -0.39 is 0 Å². The fourth-order valence-corrected chi connectivity index (χ4v) is 3.21. The van der Waals surface area contributed by atoms with Crippen molar-refractivity contribution in [2.75, 3.05) is 20.8 Å². The van der Waals surface area contributed by atoms with Crippen molar-refractivity contribution in [3.05, 3.63) is 58.4 Å². The Hall–Kier alpha value is -2.07. The van der Waals surface area contributed by atoms with E-state index in [1.165, 1.54) is 0 Å². The Morgan fingerprint density at radius 1 is 1.14 bits per heavy atom. The largest absolute Gasteiger partial charge is 0.493 e. The fourth-order valence-electron chi connectivity index (χ4n) is 3.21. The van der Waals surface area contributed by atoms with Crippen LogP contribution in [0, 0.1) is 12.7 Å². The van der Waals surface area contributed by atoms with E-state index in [1.807, 2.05) is 25.1 Å². The minimum Gasteiger partial charge on any atom is -0.493 e. The van der Waals surface area contributed by atoms with Crippen molar-refractivity contribution in [1.82, 2.24) is 5.32 Å². The highest BCUT2D eigenvalue weighted by Crippen LogP contribution is 2.39. The summed E-state index contributed by atoms with van der Waals surface area (Å²) in [6, 6.07) is 9.07. The molecule has 4 heteroatoms. The van der Waals surface area contributed by atoms with Crippen LogP contribution in [0.25, 0.3) is 0 Å². The number of fused-ring (bicyclic) bond motifs is 1. The van der Waals surface area contributed by atoms with Crippen LogP contribution in [0.2, 0.25) is 0 Å². The Morgan fingerprint density at radius 2 is 1.95 bits per heavy atom. The van der Waals surface area contributed by atoms with Crippen molar-refractivity contribution < 1.29 is 13.9 Å². The summed E-state index contributed by atoms with van der Waals surface area (Å²) in [5.41, 5.74) is 4.11. The van der Waals surface area contributed by atoms with Gasteiger partial charge in [-0.1, -0.05) is 12.1 Å². The highest BCUT2D eigenvalue weighted by atomic mass is 19.1. The van der Waals surface area contributed by atoms with Crippen molar-refractivity contribution >= 4 is 0 Å². The summed E-state index contributed by atoms with van der Waals surface area (Å²) < 4.78 is 24.7. The van der Waals surface area contributed by atoms with Gasteiger partial charge in [-0.05, 0) is 48.2 Å². The number of hydrogen-bond acceptors (Lipinski definition) is 3. The molecule has 116 valence electrons. The predicted octanol–water partition coefficient (Wildman–Crippen LogP) is 3.39. The number of ether oxygens (including phenoxy) is 2. The van der Waals surface area contributed by atoms with E-state index in [0.717, 1.165) is 46.7 Å². The minimum atomic E-state index is -0.204. The smallest absolute Gasteiger partial charge is 0.164 e. The van der Waals surface area contributed by atoms with Crippen molar-refractivity contribution in [3.63, 3.8) is 0 Å². The third-order valence-corrected chi connectivity index (χ3v) is 4.12. The van der Waals surface area contributed by atoms with Gasteiger partial charge in [0.05, 0.1) is 20.3 Å². The number of methoxy groups -OCH3 is 2. The molecule has 0 saturated carbocycles. The second kappa shape index (κ2) is 5.97. The molecule has 0 bridgehead atoms. The summed E-state index contributed by atoms with van der Waals surface area (Å²) in [5.74, 6) is 1.31. The van der Waals surface area contributed by atoms with E-state index in [4.69, 9.17) is 9.47 Å². The second-order valence-electron chi connectivity index (χ2n) is 5.57. The molecule has 1 heterocycles. The average molecular weight is 301 g/mol. The molecular formula is C18H20FNO2. The third-order valence-electron chi connectivity index (χ3n) is 4.12. The summed E-state index contributed by atoms with van der Waals surface area (Å²) in [6.45, 7) is 2.72. The zero-order valence-corrected chi connectivity index (χ0v) is 13.1. The zero-order valence-electron chi connectivity index (χ0n) is 13.1. The van der Waals surface area contributed by atoms with E-state index in [9.17, 15) is 4.39 Å². The Morgan fingerprint density at radius 3 is 2.64 bits per heavy atom. The number of halogens is 1. The van der Waals surface area contributed by atoms with Gasteiger partial charge in [-0.15, -0.1) is 0 Å². The topological polar surface area (TPSA) is 30.5 Å². The van der Waals surface area contributed by atoms with E-state index >= 15 is 0 Å². The highest BCUT2D eigenvalue weighted by molar-refractivity contribution is 5.54. The maximum absolute atomic E-state index is 13.8. The van der Waals surface area contributed by atoms with E-state index in [-0.39, 0.29) is 11.9 Å². The molecular weight excluding hydrogens is 281 g/mol. The monoisotopic (exact) mass is 301 g/mol. The summed E-state index contributed by atoms with van der Waals surface area (Å²) in [7, 11) is 3.29. The van der Waals surface area contributed by atoms with Gasteiger partial charge in [-0.3, -0.25) is 0 Å². The lowest BCUT2D eigenvalue weighted by molar-refractivity contribution is 0.348. The Labute approximate surface area is 130 Å². The maximum atomic E-state index is 13.8. The first-order chi connectivity index (χ1) is 10.6. The third kappa shape index (κ3) is 2.55. The van der Waals surface area contributed by atoms with Gasteiger partial charge >= 0.3 is 0 Å². The van der Waals surface area contributed by atoms with Gasteiger partial charge in [0.15, 0.2) is 11.5 Å². The molecule has 0 saturated heterocycles. The van der Waals surface area contributed by atoms with Gasteiger partial charge in [0.1, 0.15) is 5.82 Å². The highest BCUT2D eigenvalue weighted by Gasteiger charge is 2.26. The summed E-state index contributed by atoms with van der Waals surface area (Å²) in [4.78, 5) is 0. The quantitative estimate of drug-likeness (QED) is 0.942. The van der Waals surface area contributed by atoms with Crippen LogP contribution < -0.4 is 14.8 Å². The standard InChI is InChI=1S/C18H20FNO2/c1-11-8-12(10-13(19)9-11)17-14-4-5-16(21-2)18(22-3)15(14)6-7-20-17/h4-5,8-10,17,20H,6-7H2,1-3H3. The van der Waals surface area contributed by atoms with Gasteiger partial charge < -0.3 is 14.8 Å². The molecule has 3 nitrogen and oxygen atoms in total. The predicted molar refractivity (Wildman–Crippen MR) is 84.2 cm³/mol. The van der Waals surface area contributed by atoms with Crippen molar-refractivity contribution in [2.45, 2.75) is 19.4 Å². The molecule has 1 aliphatic heterocycles. The van der Waals surface area contributed by atoms with Crippen LogP contribution in [0.3, 0.4) is 0 Å². The first-order valence-corrected chi connectivity index (χ1v) is 7.38. The van der Waals surface area contributed by atoms with Gasteiger partial charge in [-0.25, -0.2) is 4.39 Å². The van der Waals surface area contributed by atoms with Crippen LogP contribution in [0.4, 0.5) is 4.39 Å². The second-order valence-corrected chi connectivity index (χ2v) is 5.57. The maximum Gasteiger partial charge on any atom is 0.164 e. The SMILES string of the molecule is COc1ccc2c(c1OC)CCNC2c1cc(C)cc(F)c1. The summed E-state index contributed by atoms with van der Waals surface area (Å²) in [5, 5.41) is 3.47. The molecule has 1 atom stereocenters. The number of benzene rings is 2. The Balaban J connectivity index is 2.12. The van der Waals surface area contributed by atoms with Crippen molar-refractivity contribution in [3.8, 4) is 11.5 Å². The molecule has 0 aromatic heterocycles. The van der Waals surface area contributed by atoms with Crippen molar-refractivity contribution in [2.24, 2.45) is 0 Å². The molecule has 2 aromatic rings. The molecule has 3 rings (SSSR count). The van der Waals surface area contributed by atoms with Gasteiger partial charge in [0, 0.05) is 12.1 Å². The van der Waals surface area contributed by atoms with Gasteiger partial charge in [0.25, 0.3) is 0 Å². The van der Waals surface area contributed by atoms with Crippen LogP contribution in [0.15, 0.2) is 30.3 Å². The van der Waals surface area contributed by atoms with E-state index in [2.05, 4.69) is 5.32 Å². The van der Waals surface area contributed by atoms with Crippen LogP contribution >= 0.6 is 0 Å². The molecule has 0 aliphatic carbocycles. The molecule has 0 fully saturated rings. The number of rotatable bonds is 3. The first-order valence-electron chi connectivity index (χ1n) is 7.38. The zero-order chi connectivity index (χ0) is 15.7. The minimum absolute atomic E-state index is 0.0297. The molecule has 1 aliphatic rings. The molecule has 2 aromatic carbocycles. The van der Waals surface area contributed by atoms with Gasteiger partial charge in [-0.2, -0.15) is 0 Å². The number of hydrogen-bond donors (Lipinski definition) is 1. The Bertz CT molecular complexity index is 679. The number of aryl methyl sites for hydroxylation is 1. The lowest BCUT2D eigenvalue weighted by Gasteiger charge is -2.29. The average Bonchev–Trinajstić information content (AvgIpc) is 2.52. The van der Waals surface area contributed by atoms with E-state index in [1.54, 1.807) is 26.4 Å². The fraction of sp³-hybridized carbons (Fsp3) is 0.333. The normalized spacial score (nSPS) is 17.0. The molecule has 0 spiro atoms. The lowest BCUT2D eigenvalue weighted by atomic mass is 9.88. The Kier molecular flexibility index (Phi) is 4.03. The molecule has 1 N–H and O–H groups in total.